The van der Waals surface area contributed by atoms with Crippen molar-refractivity contribution in [2.75, 3.05) is 24.6 Å². The van der Waals surface area contributed by atoms with Crippen LogP contribution in [0.15, 0.2) is 18.5 Å². The number of aryl methyl sites for hydroxylation is 1. The molecule has 0 radical (unpaired) electrons. The molecule has 0 amide bonds. The molecule has 1 N–H and O–H groups in total. The molecule has 0 unspecified atom stereocenters. The van der Waals surface area contributed by atoms with Crippen LogP contribution in [0, 0.1) is 23.6 Å². The zero-order chi connectivity index (χ0) is 27.9. The predicted octanol–water partition coefficient (Wildman–Crippen LogP) is 6.73. The third-order valence-corrected chi connectivity index (χ3v) is 7.91. The Morgan fingerprint density at radius 1 is 1.13 bits per heavy atom. The van der Waals surface area contributed by atoms with Gasteiger partial charge >= 0.3 is 5.97 Å². The number of carboxylic acid groups (broad SMARTS) is 1. The first-order valence-electron chi connectivity index (χ1n) is 13.6. The number of carbonyl (C=O) groups is 1. The van der Waals surface area contributed by atoms with Gasteiger partial charge in [-0.05, 0) is 64.9 Å². The van der Waals surface area contributed by atoms with Crippen molar-refractivity contribution in [3.63, 3.8) is 0 Å². The maximum atomic E-state index is 15.3. The van der Waals surface area contributed by atoms with Crippen LogP contribution in [0.3, 0.4) is 0 Å². The van der Waals surface area contributed by atoms with Crippen molar-refractivity contribution in [3.8, 4) is 17.0 Å². The lowest BCUT2D eigenvalue weighted by Crippen LogP contribution is -2.39. The normalized spacial score (nSPS) is 19.5. The van der Waals surface area contributed by atoms with Crippen molar-refractivity contribution in [3.05, 3.63) is 35.5 Å². The fourth-order valence-electron chi connectivity index (χ4n) is 5.24. The van der Waals surface area contributed by atoms with Gasteiger partial charge in [-0.3, -0.25) is 4.98 Å². The number of anilines is 1. The molecule has 1 atom stereocenters. The second-order valence-corrected chi connectivity index (χ2v) is 13.1. The third kappa shape index (κ3) is 6.28. The lowest BCUT2D eigenvalue weighted by molar-refractivity contribution is -0.160. The average molecular weight is 528 g/mol. The van der Waals surface area contributed by atoms with Crippen LogP contribution in [0.2, 0.25) is 0 Å². The van der Waals surface area contributed by atoms with Crippen LogP contribution < -0.4 is 9.64 Å². The number of aromatic nitrogens is 2. The minimum atomic E-state index is -1.23. The Hall–Kier alpha value is -2.74. The highest BCUT2D eigenvalue weighted by Crippen LogP contribution is 2.44. The van der Waals surface area contributed by atoms with Crippen LogP contribution in [0.5, 0.6) is 5.88 Å². The molecule has 38 heavy (non-hydrogen) atoms. The van der Waals surface area contributed by atoms with Crippen molar-refractivity contribution in [2.24, 2.45) is 10.8 Å². The fraction of sp³-hybridized carbons (Fsp3) is 0.633. The summed E-state index contributed by atoms with van der Waals surface area (Å²) >= 11 is 0. The summed E-state index contributed by atoms with van der Waals surface area (Å²) in [6.45, 7) is 15.9. The molecule has 0 aromatic carbocycles. The quantitative estimate of drug-likeness (QED) is 0.407. The second kappa shape index (κ2) is 10.4. The Kier molecular flexibility index (Phi) is 7.77. The molecule has 1 saturated carbocycles. The van der Waals surface area contributed by atoms with Crippen LogP contribution in [-0.2, 0) is 9.53 Å². The Balaban J connectivity index is 1.79. The van der Waals surface area contributed by atoms with E-state index in [1.165, 1.54) is 12.5 Å². The molecule has 2 aromatic rings. The summed E-state index contributed by atoms with van der Waals surface area (Å²) in [4.78, 5) is 23.6. The van der Waals surface area contributed by atoms with E-state index in [0.29, 0.717) is 29.0 Å². The van der Waals surface area contributed by atoms with Gasteiger partial charge in [0, 0.05) is 53.3 Å². The van der Waals surface area contributed by atoms with E-state index in [-0.39, 0.29) is 16.7 Å². The van der Waals surface area contributed by atoms with Crippen LogP contribution in [-0.4, -0.2) is 46.3 Å². The van der Waals surface area contributed by atoms with Gasteiger partial charge in [0.25, 0.3) is 0 Å². The molecular formula is C30H42FN3O4. The molecule has 4 rings (SSSR count). The zero-order valence-corrected chi connectivity index (χ0v) is 23.9. The van der Waals surface area contributed by atoms with Gasteiger partial charge in [-0.2, -0.15) is 0 Å². The average Bonchev–Trinajstić information content (AvgIpc) is 2.80. The molecule has 0 bridgehead atoms. The van der Waals surface area contributed by atoms with Gasteiger partial charge in [0.15, 0.2) is 11.9 Å². The summed E-state index contributed by atoms with van der Waals surface area (Å²) in [5, 5.41) is 10.3. The van der Waals surface area contributed by atoms with Crippen LogP contribution in [0.1, 0.15) is 91.0 Å². The van der Waals surface area contributed by atoms with E-state index in [2.05, 4.69) is 35.6 Å². The van der Waals surface area contributed by atoms with Gasteiger partial charge in [0.2, 0.25) is 5.88 Å². The number of carboxylic acids is 1. The summed E-state index contributed by atoms with van der Waals surface area (Å²) in [5.41, 5.74) is 2.54. The standard InChI is InChI=1S/C30H42FN3O4/c1-19-23(25(27(35)36)38-28(2,3)4)24(34-13-11-29(5,6)12-14-34)21(17-32-19)20-15-22(31)26(33-16-20)37-18-30(7)9-8-10-30/h15-17,25H,8-14,18H2,1-7H3,(H,35,36)/t25-/m0/s1. The minimum Gasteiger partial charge on any atom is -0.479 e. The number of hydrogen-bond acceptors (Lipinski definition) is 6. The number of ether oxygens (including phenoxy) is 2. The van der Waals surface area contributed by atoms with Crippen LogP contribution in [0.25, 0.3) is 11.1 Å². The smallest absolute Gasteiger partial charge is 0.337 e. The molecule has 8 heteroatoms. The molecular weight excluding hydrogens is 485 g/mol. The minimum absolute atomic E-state index is 0.0112. The molecule has 2 aliphatic rings. The maximum absolute atomic E-state index is 15.3. The maximum Gasteiger partial charge on any atom is 0.337 e. The summed E-state index contributed by atoms with van der Waals surface area (Å²) in [5.74, 6) is -1.64. The molecule has 7 nitrogen and oxygen atoms in total. The van der Waals surface area contributed by atoms with Crippen molar-refractivity contribution in [2.45, 2.75) is 92.3 Å². The van der Waals surface area contributed by atoms with Crippen molar-refractivity contribution in [1.29, 1.82) is 0 Å². The van der Waals surface area contributed by atoms with E-state index in [1.54, 1.807) is 19.3 Å². The summed E-state index contributed by atoms with van der Waals surface area (Å²) in [7, 11) is 0. The van der Waals surface area contributed by atoms with Gasteiger partial charge in [-0.1, -0.05) is 27.2 Å². The lowest BCUT2D eigenvalue weighted by Gasteiger charge is -2.41. The topological polar surface area (TPSA) is 84.8 Å². The van der Waals surface area contributed by atoms with Crippen molar-refractivity contribution in [1.82, 2.24) is 9.97 Å². The third-order valence-electron chi connectivity index (χ3n) is 7.91. The SMILES string of the molecule is Cc1ncc(-c2cnc(OCC3(C)CCC3)c(F)c2)c(N2CCC(C)(C)CC2)c1[C@H](OC(C)(C)C)C(=O)O. The highest BCUT2D eigenvalue weighted by Gasteiger charge is 2.36. The number of rotatable bonds is 8. The molecule has 1 aliphatic heterocycles. The van der Waals surface area contributed by atoms with Gasteiger partial charge in [0.05, 0.1) is 17.9 Å². The molecule has 208 valence electrons. The lowest BCUT2D eigenvalue weighted by atomic mass is 9.71. The van der Waals surface area contributed by atoms with Crippen molar-refractivity contribution >= 4 is 11.7 Å². The zero-order valence-electron chi connectivity index (χ0n) is 23.9. The highest BCUT2D eigenvalue weighted by molar-refractivity contribution is 5.86. The fourth-order valence-corrected chi connectivity index (χ4v) is 5.24. The number of hydrogen-bond donors (Lipinski definition) is 1. The van der Waals surface area contributed by atoms with E-state index in [1.807, 2.05) is 20.8 Å². The second-order valence-electron chi connectivity index (χ2n) is 13.1. The monoisotopic (exact) mass is 527 g/mol. The Morgan fingerprint density at radius 2 is 1.79 bits per heavy atom. The molecule has 2 fully saturated rings. The van der Waals surface area contributed by atoms with Gasteiger partial charge in [-0.15, -0.1) is 0 Å². The Labute approximate surface area is 225 Å². The van der Waals surface area contributed by atoms with Crippen LogP contribution >= 0.6 is 0 Å². The summed E-state index contributed by atoms with van der Waals surface area (Å²) in [6, 6.07) is 1.42. The first-order valence-corrected chi connectivity index (χ1v) is 13.6. The Bertz CT molecular complexity index is 1180. The Morgan fingerprint density at radius 3 is 2.32 bits per heavy atom. The molecule has 1 saturated heterocycles. The van der Waals surface area contributed by atoms with Gasteiger partial charge in [-0.25, -0.2) is 14.2 Å². The summed E-state index contributed by atoms with van der Waals surface area (Å²) < 4.78 is 27.1. The number of piperidine rings is 1. The molecule has 0 spiro atoms. The van der Waals surface area contributed by atoms with Gasteiger partial charge < -0.3 is 19.5 Å². The highest BCUT2D eigenvalue weighted by atomic mass is 19.1. The first-order chi connectivity index (χ1) is 17.7. The number of halogens is 1. The van der Waals surface area contributed by atoms with Crippen molar-refractivity contribution < 1.29 is 23.8 Å². The number of nitrogens with zero attached hydrogens (tertiary/aromatic N) is 3. The molecule has 1 aliphatic carbocycles. The summed E-state index contributed by atoms with van der Waals surface area (Å²) in [6.07, 6.45) is 7.27. The van der Waals surface area contributed by atoms with E-state index in [0.717, 1.165) is 44.5 Å². The first kappa shape index (κ1) is 28.3. The van der Waals surface area contributed by atoms with Gasteiger partial charge in [0.1, 0.15) is 0 Å². The van der Waals surface area contributed by atoms with E-state index >= 15 is 4.39 Å². The molecule has 2 aromatic heterocycles. The van der Waals surface area contributed by atoms with E-state index in [4.69, 9.17) is 9.47 Å². The van der Waals surface area contributed by atoms with E-state index in [9.17, 15) is 9.90 Å². The van der Waals surface area contributed by atoms with Crippen LogP contribution in [0.4, 0.5) is 10.1 Å². The number of pyridine rings is 2. The van der Waals surface area contributed by atoms with E-state index < -0.39 is 23.5 Å². The largest absolute Gasteiger partial charge is 0.479 e. The predicted molar refractivity (Wildman–Crippen MR) is 146 cm³/mol. The number of aliphatic carboxylic acids is 1. The molecule has 3 heterocycles.